The number of esters is 3. The highest BCUT2D eigenvalue weighted by atomic mass is 31.2. The fourth-order valence-electron chi connectivity index (χ4n) is 10.1. The van der Waals surface area contributed by atoms with Gasteiger partial charge in [0, 0.05) is 19.3 Å². The SMILES string of the molecule is CC/C=C\C/C=C\C/C=C\C/C=C\C/C=C\C/C=C\CCCCCCCCCCCCCCCCC(=O)OCC(O)COP(=O)(O)OCC(O)COP(=O)(O)OCC(COC(=O)CCCCCCCC/C=C\C/C=C\C/C=C\C/C=C\CC)OC(=O)CCCCCCC/C=C\C/C=C\CCC. The summed E-state index contributed by atoms with van der Waals surface area (Å²) in [5, 5.41) is 20.6. The maximum atomic E-state index is 12.9. The summed E-state index contributed by atoms with van der Waals surface area (Å²) < 4.78 is 61.0. The number of phosphoric ester groups is 2. The van der Waals surface area contributed by atoms with E-state index in [0.717, 1.165) is 180 Å². The fraction of sp³-hybridized carbons (Fsp3) is 0.675. The zero-order chi connectivity index (χ0) is 73.7. The second-order valence-corrected chi connectivity index (χ2v) is 28.7. The molecule has 5 unspecified atom stereocenters. The topological polar surface area (TPSA) is 231 Å². The first-order chi connectivity index (χ1) is 49.2. The van der Waals surface area contributed by atoms with Crippen molar-refractivity contribution in [1.82, 2.24) is 0 Å². The highest BCUT2D eigenvalue weighted by Crippen LogP contribution is 2.45. The lowest BCUT2D eigenvalue weighted by atomic mass is 10.0. The molecule has 5 atom stereocenters. The van der Waals surface area contributed by atoms with Crippen LogP contribution in [0, 0.1) is 0 Å². The fourth-order valence-corrected chi connectivity index (χ4v) is 11.7. The summed E-state index contributed by atoms with van der Waals surface area (Å²) in [6.07, 6.45) is 92.0. The molecule has 101 heavy (non-hydrogen) atoms. The van der Waals surface area contributed by atoms with Crippen molar-refractivity contribution in [3.8, 4) is 0 Å². The summed E-state index contributed by atoms with van der Waals surface area (Å²) in [7, 11) is -9.80. The van der Waals surface area contributed by atoms with Gasteiger partial charge in [0.2, 0.25) is 0 Å². The van der Waals surface area contributed by atoms with Crippen molar-refractivity contribution in [3.63, 3.8) is 0 Å². The van der Waals surface area contributed by atoms with E-state index in [1.165, 1.54) is 64.2 Å². The summed E-state index contributed by atoms with van der Waals surface area (Å²) >= 11 is 0. The van der Waals surface area contributed by atoms with Crippen LogP contribution in [-0.2, 0) is 55.8 Å². The third-order valence-electron chi connectivity index (χ3n) is 16.0. The Labute approximate surface area is 613 Å². The summed E-state index contributed by atoms with van der Waals surface area (Å²) in [4.78, 5) is 58.5. The highest BCUT2D eigenvalue weighted by molar-refractivity contribution is 7.47. The van der Waals surface area contributed by atoms with E-state index in [-0.39, 0.29) is 19.3 Å². The van der Waals surface area contributed by atoms with Crippen LogP contribution in [0.25, 0.3) is 0 Å². The predicted octanol–water partition coefficient (Wildman–Crippen LogP) is 22.9. The molecule has 578 valence electrons. The zero-order valence-electron chi connectivity index (χ0n) is 63.0. The molecule has 16 nitrogen and oxygen atoms in total. The second kappa shape index (κ2) is 75.1. The molecule has 4 N–H and O–H groups in total. The van der Waals surface area contributed by atoms with Gasteiger partial charge in [0.25, 0.3) is 0 Å². The average Bonchev–Trinajstić information content (AvgIpc) is 0.933. The molecule has 0 saturated heterocycles. The number of carbonyl (C=O) groups excluding carboxylic acids is 3. The van der Waals surface area contributed by atoms with Gasteiger partial charge in [-0.05, 0) is 135 Å². The molecule has 0 spiro atoms. The van der Waals surface area contributed by atoms with Gasteiger partial charge in [-0.1, -0.05) is 295 Å². The number of carbonyl (C=O) groups is 3. The molecular weight excluding hydrogens is 1310 g/mol. The van der Waals surface area contributed by atoms with Crippen molar-refractivity contribution in [2.75, 3.05) is 39.6 Å². The van der Waals surface area contributed by atoms with Crippen LogP contribution in [-0.4, -0.2) is 95.9 Å². The number of allylic oxidation sites excluding steroid dienone is 24. The Hall–Kier alpha value is -4.57. The molecule has 0 aliphatic rings. The van der Waals surface area contributed by atoms with Gasteiger partial charge in [-0.2, -0.15) is 0 Å². The monoisotopic (exact) mass is 1450 g/mol. The van der Waals surface area contributed by atoms with Crippen LogP contribution >= 0.6 is 15.6 Å². The number of unbranched alkanes of at least 4 members (excludes halogenated alkanes) is 26. The van der Waals surface area contributed by atoms with Crippen molar-refractivity contribution in [2.24, 2.45) is 0 Å². The summed E-state index contributed by atoms with van der Waals surface area (Å²) in [6, 6.07) is 0. The minimum atomic E-state index is -4.94. The Morgan fingerprint density at radius 3 is 0.832 bits per heavy atom. The molecule has 18 heteroatoms. The summed E-state index contributed by atoms with van der Waals surface area (Å²) in [5.74, 6) is -1.61. The van der Waals surface area contributed by atoms with E-state index in [1.807, 2.05) is 0 Å². The summed E-state index contributed by atoms with van der Waals surface area (Å²) in [6.45, 7) is 2.35. The standard InChI is InChI=1S/C83H140O16P2/c1-4-7-10-13-16-19-22-25-27-29-31-32-33-34-35-36-37-38-39-40-41-42-43-44-46-48-49-52-54-57-60-63-66-69-81(86)93-72-78(84)73-95-100(89,90)96-74-79(85)75-97-101(91,92)98-77-80(99-83(88)71-68-65-62-59-56-51-24-21-18-15-12-9-6-3)76-94-82(87)70-67-64-61-58-55-53-50-47-45-30-28-26-23-20-17-14-11-8-5-2/h7-8,10-12,15-17,19-21,24-28,31-32,34-35,37-38,45,47,78-80,84-85H,4-6,9,13-14,18,22-23,29-30,33,36,39-44,46,48-77H2,1-3H3,(H,89,90)(H,91,92)/b10-7-,11-8-,15-12-,19-16-,20-17-,24-21-,27-25-,28-26-,32-31-,35-34-,38-37-,47-45-. The Morgan fingerprint density at radius 1 is 0.287 bits per heavy atom. The van der Waals surface area contributed by atoms with Gasteiger partial charge >= 0.3 is 33.6 Å². The Bertz CT molecular complexity index is 2420. The van der Waals surface area contributed by atoms with Crippen LogP contribution < -0.4 is 0 Å². The Morgan fingerprint density at radius 2 is 0.525 bits per heavy atom. The molecule has 0 amide bonds. The van der Waals surface area contributed by atoms with Crippen molar-refractivity contribution >= 4 is 33.6 Å². The van der Waals surface area contributed by atoms with Crippen molar-refractivity contribution < 1.29 is 75.8 Å². The van der Waals surface area contributed by atoms with Crippen molar-refractivity contribution in [3.05, 3.63) is 146 Å². The largest absolute Gasteiger partial charge is 0.472 e. The third kappa shape index (κ3) is 76.4. The maximum absolute atomic E-state index is 12.9. The zero-order valence-corrected chi connectivity index (χ0v) is 64.8. The molecule has 0 rings (SSSR count). The number of hydrogen-bond donors (Lipinski definition) is 4. The van der Waals surface area contributed by atoms with E-state index in [1.54, 1.807) is 0 Å². The number of aliphatic hydroxyl groups is 2. The van der Waals surface area contributed by atoms with Gasteiger partial charge < -0.3 is 34.2 Å². The minimum Gasteiger partial charge on any atom is -0.463 e. The Balaban J connectivity index is 4.43. The molecular formula is C83H140O16P2. The van der Waals surface area contributed by atoms with Gasteiger partial charge in [-0.15, -0.1) is 0 Å². The lowest BCUT2D eigenvalue weighted by Gasteiger charge is -2.21. The number of ether oxygens (including phenoxy) is 3. The highest BCUT2D eigenvalue weighted by Gasteiger charge is 2.29. The van der Waals surface area contributed by atoms with Crippen LogP contribution in [0.3, 0.4) is 0 Å². The average molecular weight is 1460 g/mol. The van der Waals surface area contributed by atoms with Gasteiger partial charge in [0.1, 0.15) is 25.4 Å². The van der Waals surface area contributed by atoms with E-state index < -0.39 is 91.5 Å². The number of hydrogen-bond acceptors (Lipinski definition) is 14. The normalized spacial score (nSPS) is 14.8. The van der Waals surface area contributed by atoms with Gasteiger partial charge in [0.05, 0.1) is 26.4 Å². The molecule has 0 aromatic carbocycles. The van der Waals surface area contributed by atoms with E-state index >= 15 is 0 Å². The van der Waals surface area contributed by atoms with E-state index in [0.29, 0.717) is 19.3 Å². The summed E-state index contributed by atoms with van der Waals surface area (Å²) in [5.41, 5.74) is 0. The maximum Gasteiger partial charge on any atom is 0.472 e. The van der Waals surface area contributed by atoms with E-state index in [9.17, 15) is 43.5 Å². The molecule has 0 aliphatic heterocycles. The number of rotatable bonds is 73. The first-order valence-corrected chi connectivity index (χ1v) is 42.1. The minimum absolute atomic E-state index is 0.0821. The van der Waals surface area contributed by atoms with Gasteiger partial charge in [-0.25, -0.2) is 9.13 Å². The van der Waals surface area contributed by atoms with Crippen molar-refractivity contribution in [1.29, 1.82) is 0 Å². The molecule has 0 fully saturated rings. The first kappa shape index (κ1) is 96.4. The Kier molecular flexibility index (Phi) is 71.7. The smallest absolute Gasteiger partial charge is 0.463 e. The lowest BCUT2D eigenvalue weighted by Crippen LogP contribution is -2.30. The molecule has 0 aromatic heterocycles. The lowest BCUT2D eigenvalue weighted by molar-refractivity contribution is -0.161. The molecule has 0 aromatic rings. The molecule has 0 bridgehead atoms. The molecule has 0 heterocycles. The van der Waals surface area contributed by atoms with Gasteiger partial charge in [-0.3, -0.25) is 32.5 Å². The number of aliphatic hydroxyl groups excluding tert-OH is 2. The molecule has 0 radical (unpaired) electrons. The number of phosphoric acid groups is 2. The van der Waals surface area contributed by atoms with Crippen LogP contribution in [0.5, 0.6) is 0 Å². The van der Waals surface area contributed by atoms with Crippen LogP contribution in [0.4, 0.5) is 0 Å². The van der Waals surface area contributed by atoms with E-state index in [2.05, 4.69) is 167 Å². The van der Waals surface area contributed by atoms with Crippen LogP contribution in [0.15, 0.2) is 146 Å². The predicted molar refractivity (Wildman–Crippen MR) is 417 cm³/mol. The second-order valence-electron chi connectivity index (χ2n) is 25.7. The molecule has 0 aliphatic carbocycles. The van der Waals surface area contributed by atoms with E-state index in [4.69, 9.17) is 32.3 Å². The quantitative estimate of drug-likeness (QED) is 0.0146. The van der Waals surface area contributed by atoms with Gasteiger partial charge in [0.15, 0.2) is 6.10 Å². The van der Waals surface area contributed by atoms with Crippen LogP contribution in [0.1, 0.15) is 303 Å². The third-order valence-corrected chi connectivity index (χ3v) is 17.9. The van der Waals surface area contributed by atoms with Crippen LogP contribution in [0.2, 0.25) is 0 Å². The molecule has 0 saturated carbocycles. The van der Waals surface area contributed by atoms with Crippen molar-refractivity contribution in [2.45, 2.75) is 322 Å². The first-order valence-electron chi connectivity index (χ1n) is 39.1.